The van der Waals surface area contributed by atoms with Gasteiger partial charge in [0.1, 0.15) is 7.85 Å². The monoisotopic (exact) mass is 142 g/mol. The molecule has 0 spiro atoms. The summed E-state index contributed by atoms with van der Waals surface area (Å²) in [5.41, 5.74) is 0. The third-order valence-corrected chi connectivity index (χ3v) is 1.23. The normalized spacial score (nSPS) is 32.9. The molecule has 0 saturated carbocycles. The van der Waals surface area contributed by atoms with Crippen LogP contribution >= 0.6 is 0 Å². The van der Waals surface area contributed by atoms with Gasteiger partial charge in [-0.3, -0.25) is 0 Å². The molecule has 4 heteroatoms. The second kappa shape index (κ2) is 3.96. The van der Waals surface area contributed by atoms with Crippen LogP contribution in [-0.4, -0.2) is 40.0 Å². The Morgan fingerprint density at radius 1 is 1.70 bits per heavy atom. The summed E-state index contributed by atoms with van der Waals surface area (Å²) in [5, 5.41) is 0. The van der Waals surface area contributed by atoms with Crippen molar-refractivity contribution in [1.82, 2.24) is 0 Å². The zero-order chi connectivity index (χ0) is 7.40. The molecular weight excluding hydrogens is 131 g/mol. The molecule has 0 bridgehead atoms. The van der Waals surface area contributed by atoms with Crippen molar-refractivity contribution in [2.75, 3.05) is 19.8 Å². The van der Waals surface area contributed by atoms with Gasteiger partial charge in [-0.1, -0.05) is 0 Å². The first-order chi connectivity index (χ1) is 4.83. The number of hydrogen-bond donors (Lipinski definition) is 0. The highest BCUT2D eigenvalue weighted by Crippen LogP contribution is 2.08. The van der Waals surface area contributed by atoms with Gasteiger partial charge in [-0.25, -0.2) is 0 Å². The Morgan fingerprint density at radius 2 is 2.50 bits per heavy atom. The van der Waals surface area contributed by atoms with Gasteiger partial charge in [-0.15, -0.1) is 0 Å². The summed E-state index contributed by atoms with van der Waals surface area (Å²) in [5.74, 6) is 0. The molecule has 0 N–H and O–H groups in total. The molecular formula is C6H11BO3. The lowest BCUT2D eigenvalue weighted by atomic mass is 10.0. The minimum absolute atomic E-state index is 0.255. The van der Waals surface area contributed by atoms with Gasteiger partial charge in [0.15, 0.2) is 6.29 Å². The first kappa shape index (κ1) is 8.05. The zero-order valence-corrected chi connectivity index (χ0v) is 6.08. The van der Waals surface area contributed by atoms with Crippen LogP contribution in [0.15, 0.2) is 0 Å². The average Bonchev–Trinajstić information content (AvgIpc) is 2.31. The molecule has 10 heavy (non-hydrogen) atoms. The number of rotatable bonds is 3. The van der Waals surface area contributed by atoms with E-state index in [1.165, 1.54) is 0 Å². The summed E-state index contributed by atoms with van der Waals surface area (Å²) in [7, 11) is 5.39. The van der Waals surface area contributed by atoms with E-state index in [9.17, 15) is 0 Å². The topological polar surface area (TPSA) is 27.7 Å². The van der Waals surface area contributed by atoms with Crippen molar-refractivity contribution >= 4 is 7.85 Å². The molecule has 0 aromatic carbocycles. The maximum atomic E-state index is 5.39. The molecule has 1 fully saturated rings. The maximum Gasteiger partial charge on any atom is 0.180 e. The molecule has 0 aromatic rings. The quantitative estimate of drug-likeness (QED) is 0.514. The van der Waals surface area contributed by atoms with Gasteiger partial charge in [-0.05, 0) is 6.92 Å². The summed E-state index contributed by atoms with van der Waals surface area (Å²) >= 11 is 0. The minimum atomic E-state index is -0.273. The van der Waals surface area contributed by atoms with E-state index < -0.39 is 0 Å². The second-order valence-corrected chi connectivity index (χ2v) is 2.10. The molecule has 1 aliphatic heterocycles. The van der Waals surface area contributed by atoms with E-state index >= 15 is 0 Å². The second-order valence-electron chi connectivity index (χ2n) is 2.10. The van der Waals surface area contributed by atoms with E-state index in [-0.39, 0.29) is 12.3 Å². The molecule has 56 valence electrons. The van der Waals surface area contributed by atoms with E-state index in [4.69, 9.17) is 22.1 Å². The van der Waals surface area contributed by atoms with Gasteiger partial charge in [0.25, 0.3) is 0 Å². The van der Waals surface area contributed by atoms with E-state index in [2.05, 4.69) is 0 Å². The lowest BCUT2D eigenvalue weighted by Gasteiger charge is -2.08. The van der Waals surface area contributed by atoms with Gasteiger partial charge < -0.3 is 14.2 Å². The Balaban J connectivity index is 2.06. The van der Waals surface area contributed by atoms with Crippen molar-refractivity contribution in [2.45, 2.75) is 19.2 Å². The highest BCUT2D eigenvalue weighted by Gasteiger charge is 2.21. The molecule has 1 rings (SSSR count). The first-order valence-corrected chi connectivity index (χ1v) is 3.43. The van der Waals surface area contributed by atoms with E-state index in [0.717, 1.165) is 0 Å². The SMILES string of the molecule is [B]C1CO[C@@H](COCC)O1. The molecule has 0 amide bonds. The Hall–Kier alpha value is -0.0551. The molecule has 3 nitrogen and oxygen atoms in total. The van der Waals surface area contributed by atoms with Crippen LogP contribution < -0.4 is 0 Å². The fraction of sp³-hybridized carbons (Fsp3) is 1.00. The fourth-order valence-electron chi connectivity index (χ4n) is 0.777. The standard InChI is InChI=1S/C6H11BO3/c1-2-8-4-6-9-3-5(7)10-6/h5-6H,2-4H2,1H3/t5?,6-/m1/s1. The van der Waals surface area contributed by atoms with Crippen molar-refractivity contribution < 1.29 is 14.2 Å². The third-order valence-electron chi connectivity index (χ3n) is 1.23. The maximum absolute atomic E-state index is 5.39. The predicted octanol–water partition coefficient (Wildman–Crippen LogP) is -0.110. The summed E-state index contributed by atoms with van der Waals surface area (Å²) in [6, 6.07) is -0.273. The van der Waals surface area contributed by atoms with Crippen molar-refractivity contribution in [3.05, 3.63) is 0 Å². The van der Waals surface area contributed by atoms with Crippen molar-refractivity contribution in [3.63, 3.8) is 0 Å². The Kier molecular flexibility index (Phi) is 3.18. The Labute approximate surface area is 62.1 Å². The number of ether oxygens (including phenoxy) is 3. The minimum Gasteiger partial charge on any atom is -0.376 e. The fourth-order valence-corrected chi connectivity index (χ4v) is 0.777. The van der Waals surface area contributed by atoms with Gasteiger partial charge in [0.05, 0.1) is 13.2 Å². The molecule has 2 radical (unpaired) electrons. The largest absolute Gasteiger partial charge is 0.376 e. The van der Waals surface area contributed by atoms with Crippen LogP contribution in [0.3, 0.4) is 0 Å². The van der Waals surface area contributed by atoms with Gasteiger partial charge in [0.2, 0.25) is 0 Å². The smallest absolute Gasteiger partial charge is 0.180 e. The van der Waals surface area contributed by atoms with Crippen LogP contribution in [0.5, 0.6) is 0 Å². The van der Waals surface area contributed by atoms with Crippen molar-refractivity contribution in [1.29, 1.82) is 0 Å². The van der Waals surface area contributed by atoms with Crippen LogP contribution in [0.4, 0.5) is 0 Å². The molecule has 1 aliphatic rings. The van der Waals surface area contributed by atoms with Crippen LogP contribution in [0.25, 0.3) is 0 Å². The lowest BCUT2D eigenvalue weighted by molar-refractivity contribution is -0.0958. The molecule has 1 unspecified atom stereocenters. The Morgan fingerprint density at radius 3 is 3.00 bits per heavy atom. The van der Waals surface area contributed by atoms with Crippen LogP contribution in [0.2, 0.25) is 0 Å². The predicted molar refractivity (Wildman–Crippen MR) is 36.9 cm³/mol. The summed E-state index contributed by atoms with van der Waals surface area (Å²) in [6.45, 7) is 3.55. The third kappa shape index (κ3) is 2.29. The summed E-state index contributed by atoms with van der Waals surface area (Å²) in [4.78, 5) is 0. The molecule has 1 heterocycles. The summed E-state index contributed by atoms with van der Waals surface area (Å²) < 4.78 is 15.2. The lowest BCUT2D eigenvalue weighted by Crippen LogP contribution is -2.17. The Bertz CT molecular complexity index is 99.0. The highest BCUT2D eigenvalue weighted by molar-refractivity contribution is 6.11. The zero-order valence-electron chi connectivity index (χ0n) is 6.08. The van der Waals surface area contributed by atoms with E-state index in [1.54, 1.807) is 0 Å². The molecule has 0 aromatic heterocycles. The van der Waals surface area contributed by atoms with Crippen LogP contribution in [0, 0.1) is 0 Å². The highest BCUT2D eigenvalue weighted by atomic mass is 16.7. The van der Waals surface area contributed by atoms with Gasteiger partial charge >= 0.3 is 0 Å². The van der Waals surface area contributed by atoms with Crippen LogP contribution in [-0.2, 0) is 14.2 Å². The van der Waals surface area contributed by atoms with Gasteiger partial charge in [-0.2, -0.15) is 0 Å². The van der Waals surface area contributed by atoms with Crippen molar-refractivity contribution in [2.24, 2.45) is 0 Å². The van der Waals surface area contributed by atoms with Crippen molar-refractivity contribution in [3.8, 4) is 0 Å². The molecule has 2 atom stereocenters. The van der Waals surface area contributed by atoms with E-state index in [1.807, 2.05) is 6.92 Å². The first-order valence-electron chi connectivity index (χ1n) is 3.43. The molecule has 0 aliphatic carbocycles. The number of hydrogen-bond acceptors (Lipinski definition) is 3. The average molecular weight is 142 g/mol. The molecule has 1 saturated heterocycles. The van der Waals surface area contributed by atoms with Crippen LogP contribution in [0.1, 0.15) is 6.92 Å². The van der Waals surface area contributed by atoms with Gasteiger partial charge in [0, 0.05) is 12.6 Å². The summed E-state index contributed by atoms with van der Waals surface area (Å²) in [6.07, 6.45) is -0.255. The van der Waals surface area contributed by atoms with E-state index in [0.29, 0.717) is 19.8 Å².